The second-order valence-corrected chi connectivity index (χ2v) is 3.45. The van der Waals surface area contributed by atoms with Crippen molar-refractivity contribution in [3.8, 4) is 6.07 Å². The quantitative estimate of drug-likeness (QED) is 0.623. The number of hydrogen-bond acceptors (Lipinski definition) is 4. The van der Waals surface area contributed by atoms with Crippen LogP contribution in [0.15, 0.2) is 18.2 Å². The van der Waals surface area contributed by atoms with Crippen LogP contribution in [0.4, 0.5) is 14.9 Å². The highest BCUT2D eigenvalue weighted by Crippen LogP contribution is 2.17. The molecule has 0 saturated heterocycles. The number of nitrogens with zero attached hydrogens (tertiary/aromatic N) is 1. The van der Waals surface area contributed by atoms with Crippen molar-refractivity contribution >= 4 is 17.7 Å². The minimum Gasteiger partial charge on any atom is -0.480 e. The summed E-state index contributed by atoms with van der Waals surface area (Å²) < 4.78 is 13.2. The summed E-state index contributed by atoms with van der Waals surface area (Å²) in [6.45, 7) is -0.795. The molecular formula is C11H10FN3O4. The average molecular weight is 267 g/mol. The van der Waals surface area contributed by atoms with E-state index in [9.17, 15) is 14.0 Å². The topological polar surface area (TPSA) is 122 Å². The zero-order chi connectivity index (χ0) is 14.4. The highest BCUT2D eigenvalue weighted by Gasteiger charge is 2.19. The van der Waals surface area contributed by atoms with E-state index in [1.165, 1.54) is 12.1 Å². The number of aliphatic carboxylic acids is 1. The van der Waals surface area contributed by atoms with Crippen molar-refractivity contribution in [1.82, 2.24) is 5.32 Å². The van der Waals surface area contributed by atoms with E-state index in [-0.39, 0.29) is 11.3 Å². The van der Waals surface area contributed by atoms with Gasteiger partial charge in [-0.2, -0.15) is 5.26 Å². The molecule has 0 heterocycles. The van der Waals surface area contributed by atoms with E-state index in [0.29, 0.717) is 0 Å². The zero-order valence-electron chi connectivity index (χ0n) is 9.55. The van der Waals surface area contributed by atoms with Gasteiger partial charge < -0.3 is 20.8 Å². The fraction of sp³-hybridized carbons (Fsp3) is 0.182. The zero-order valence-corrected chi connectivity index (χ0v) is 9.55. The van der Waals surface area contributed by atoms with Gasteiger partial charge in [0, 0.05) is 0 Å². The highest BCUT2D eigenvalue weighted by molar-refractivity contribution is 5.93. The molecule has 0 bridgehead atoms. The number of carbonyl (C=O) groups excluding carboxylic acids is 1. The van der Waals surface area contributed by atoms with Gasteiger partial charge in [0.05, 0.1) is 12.3 Å². The van der Waals surface area contributed by atoms with E-state index >= 15 is 0 Å². The summed E-state index contributed by atoms with van der Waals surface area (Å²) in [4.78, 5) is 22.0. The number of hydrogen-bond donors (Lipinski definition) is 4. The molecule has 8 heteroatoms. The second kappa shape index (κ2) is 6.32. The Bertz CT molecular complexity index is 541. The Hall–Kier alpha value is -2.66. The number of carbonyl (C=O) groups is 2. The number of aliphatic hydroxyl groups excluding tert-OH is 1. The first-order valence-corrected chi connectivity index (χ1v) is 5.09. The minimum absolute atomic E-state index is 0.0953. The lowest BCUT2D eigenvalue weighted by molar-refractivity contribution is -0.140. The number of amides is 2. The molecule has 0 spiro atoms. The van der Waals surface area contributed by atoms with Crippen LogP contribution in [-0.2, 0) is 4.79 Å². The number of nitriles is 1. The molecule has 0 aliphatic heterocycles. The first kappa shape index (κ1) is 14.4. The number of carboxylic acid groups (broad SMARTS) is 1. The van der Waals surface area contributed by atoms with Crippen LogP contribution in [0.5, 0.6) is 0 Å². The number of anilines is 1. The first-order valence-electron chi connectivity index (χ1n) is 5.09. The molecule has 7 nitrogen and oxygen atoms in total. The molecule has 0 aliphatic carbocycles. The van der Waals surface area contributed by atoms with Crippen molar-refractivity contribution in [2.24, 2.45) is 0 Å². The maximum atomic E-state index is 13.2. The number of carboxylic acids is 1. The van der Waals surface area contributed by atoms with E-state index in [1.54, 1.807) is 6.07 Å². The average Bonchev–Trinajstić information content (AvgIpc) is 2.36. The third-order valence-electron chi connectivity index (χ3n) is 2.16. The Morgan fingerprint density at radius 1 is 1.47 bits per heavy atom. The van der Waals surface area contributed by atoms with E-state index in [4.69, 9.17) is 15.5 Å². The molecule has 0 saturated carbocycles. The van der Waals surface area contributed by atoms with Gasteiger partial charge in [-0.05, 0) is 12.1 Å². The number of benzene rings is 1. The summed E-state index contributed by atoms with van der Waals surface area (Å²) in [5.41, 5.74) is -0.462. The molecule has 0 unspecified atom stereocenters. The van der Waals surface area contributed by atoms with E-state index in [2.05, 4.69) is 5.32 Å². The molecule has 1 atom stereocenters. The molecule has 1 rings (SSSR count). The van der Waals surface area contributed by atoms with Crippen LogP contribution < -0.4 is 10.6 Å². The number of rotatable bonds is 4. The Kier molecular flexibility index (Phi) is 4.79. The maximum Gasteiger partial charge on any atom is 0.328 e. The molecule has 100 valence electrons. The van der Waals surface area contributed by atoms with Crippen molar-refractivity contribution in [2.75, 3.05) is 11.9 Å². The van der Waals surface area contributed by atoms with Crippen molar-refractivity contribution < 1.29 is 24.2 Å². The molecule has 1 aromatic carbocycles. The van der Waals surface area contributed by atoms with Crippen molar-refractivity contribution in [3.05, 3.63) is 29.6 Å². The molecule has 19 heavy (non-hydrogen) atoms. The van der Waals surface area contributed by atoms with Gasteiger partial charge in [0.15, 0.2) is 6.04 Å². The molecule has 0 aromatic heterocycles. The van der Waals surface area contributed by atoms with E-state index < -0.39 is 30.5 Å². The fourth-order valence-electron chi connectivity index (χ4n) is 1.24. The largest absolute Gasteiger partial charge is 0.480 e. The SMILES string of the molecule is N#Cc1c(F)cccc1NC(=O)N[C@H](CO)C(=O)O. The van der Waals surface area contributed by atoms with Crippen LogP contribution in [0.2, 0.25) is 0 Å². The number of nitrogens with one attached hydrogen (secondary N) is 2. The number of aliphatic hydroxyl groups is 1. The van der Waals surface area contributed by atoms with Crippen LogP contribution in [0.1, 0.15) is 5.56 Å². The third kappa shape index (κ3) is 3.65. The Morgan fingerprint density at radius 2 is 2.16 bits per heavy atom. The lowest BCUT2D eigenvalue weighted by atomic mass is 10.2. The molecule has 2 amide bonds. The van der Waals surface area contributed by atoms with Gasteiger partial charge in [0.1, 0.15) is 17.4 Å². The van der Waals surface area contributed by atoms with Crippen molar-refractivity contribution in [3.63, 3.8) is 0 Å². The summed E-state index contributed by atoms with van der Waals surface area (Å²) in [7, 11) is 0. The maximum absolute atomic E-state index is 13.2. The summed E-state index contributed by atoms with van der Waals surface area (Å²) in [6, 6.07) is 2.74. The minimum atomic E-state index is -1.49. The van der Waals surface area contributed by atoms with Gasteiger partial charge in [-0.25, -0.2) is 14.0 Å². The van der Waals surface area contributed by atoms with Gasteiger partial charge in [0.25, 0.3) is 0 Å². The van der Waals surface area contributed by atoms with E-state index in [0.717, 1.165) is 6.07 Å². The van der Waals surface area contributed by atoms with Crippen LogP contribution >= 0.6 is 0 Å². The Balaban J connectivity index is 2.81. The Labute approximate surface area is 107 Å². The number of halogens is 1. The van der Waals surface area contributed by atoms with Crippen LogP contribution in [0.3, 0.4) is 0 Å². The predicted octanol–water partition coefficient (Wildman–Crippen LogP) is 0.264. The van der Waals surface area contributed by atoms with Crippen molar-refractivity contribution in [2.45, 2.75) is 6.04 Å². The summed E-state index contributed by atoms with van der Waals surface area (Å²) in [6.07, 6.45) is 0. The highest BCUT2D eigenvalue weighted by atomic mass is 19.1. The number of urea groups is 1. The fourth-order valence-corrected chi connectivity index (χ4v) is 1.24. The summed E-state index contributed by atoms with van der Waals surface area (Å²) in [5, 5.41) is 30.2. The molecule has 0 radical (unpaired) electrons. The van der Waals surface area contributed by atoms with Crippen molar-refractivity contribution in [1.29, 1.82) is 5.26 Å². The third-order valence-corrected chi connectivity index (χ3v) is 2.16. The van der Waals surface area contributed by atoms with Gasteiger partial charge in [0.2, 0.25) is 0 Å². The summed E-state index contributed by atoms with van der Waals surface area (Å²) >= 11 is 0. The van der Waals surface area contributed by atoms with Crippen LogP contribution in [0.25, 0.3) is 0 Å². The second-order valence-electron chi connectivity index (χ2n) is 3.45. The lowest BCUT2D eigenvalue weighted by Crippen LogP contribution is -2.45. The van der Waals surface area contributed by atoms with Gasteiger partial charge >= 0.3 is 12.0 Å². The standard InChI is InChI=1S/C11H10FN3O4/c12-7-2-1-3-8(6(7)4-13)14-11(19)15-9(5-16)10(17)18/h1-3,9,16H,5H2,(H,17,18)(H2,14,15,19)/t9-/m1/s1. The predicted molar refractivity (Wildman–Crippen MR) is 61.8 cm³/mol. The van der Waals surface area contributed by atoms with E-state index in [1.807, 2.05) is 5.32 Å². The van der Waals surface area contributed by atoms with Crippen LogP contribution in [0, 0.1) is 17.1 Å². The van der Waals surface area contributed by atoms with Crippen LogP contribution in [-0.4, -0.2) is 34.9 Å². The monoisotopic (exact) mass is 267 g/mol. The van der Waals surface area contributed by atoms with Gasteiger partial charge in [-0.3, -0.25) is 0 Å². The molecule has 1 aromatic rings. The molecular weight excluding hydrogens is 257 g/mol. The first-order chi connectivity index (χ1) is 8.99. The Morgan fingerprint density at radius 3 is 2.68 bits per heavy atom. The van der Waals surface area contributed by atoms with Gasteiger partial charge in [-0.1, -0.05) is 6.07 Å². The normalized spacial score (nSPS) is 11.2. The molecule has 4 N–H and O–H groups in total. The molecule has 0 aliphatic rings. The van der Waals surface area contributed by atoms with Gasteiger partial charge in [-0.15, -0.1) is 0 Å². The summed E-state index contributed by atoms with van der Waals surface area (Å²) in [5.74, 6) is -2.23. The molecule has 0 fully saturated rings. The lowest BCUT2D eigenvalue weighted by Gasteiger charge is -2.13. The smallest absolute Gasteiger partial charge is 0.328 e.